The minimum atomic E-state index is -1.63. The molecule has 0 saturated carbocycles. The molecule has 8 atom stereocenters. The van der Waals surface area contributed by atoms with Crippen LogP contribution in [0.3, 0.4) is 0 Å². The van der Waals surface area contributed by atoms with Gasteiger partial charge in [-0.15, -0.1) is 0 Å². The van der Waals surface area contributed by atoms with E-state index in [1.807, 2.05) is 24.3 Å². The highest BCUT2D eigenvalue weighted by molar-refractivity contribution is 5.80. The van der Waals surface area contributed by atoms with E-state index in [-0.39, 0.29) is 19.4 Å². The summed E-state index contributed by atoms with van der Waals surface area (Å²) < 4.78 is 17.5. The van der Waals surface area contributed by atoms with Crippen LogP contribution in [0.5, 0.6) is 0 Å². The Morgan fingerprint density at radius 2 is 1.04 bits per heavy atom. The molecule has 0 aromatic rings. The Balaban J connectivity index is 2.75. The Labute approximate surface area is 444 Å². The monoisotopic (exact) mass is 1030 g/mol. The molecule has 1 aliphatic rings. The first-order valence-electron chi connectivity index (χ1n) is 29.4. The van der Waals surface area contributed by atoms with Crippen LogP contribution in [0.25, 0.3) is 0 Å². The molecule has 1 rings (SSSR count). The summed E-state index contributed by atoms with van der Waals surface area (Å²) in [5.41, 5.74) is 0. The molecule has 73 heavy (non-hydrogen) atoms. The molecule has 0 spiro atoms. The van der Waals surface area contributed by atoms with E-state index in [0.29, 0.717) is 12.8 Å². The lowest BCUT2D eigenvalue weighted by molar-refractivity contribution is -0.305. The molecule has 1 saturated heterocycles. The number of carbonyl (C=O) groups is 2. The van der Waals surface area contributed by atoms with Gasteiger partial charge in [0, 0.05) is 6.42 Å². The van der Waals surface area contributed by atoms with Gasteiger partial charge in [0.25, 0.3) is 0 Å². The van der Waals surface area contributed by atoms with Crippen molar-refractivity contribution in [3.8, 4) is 0 Å². The third-order valence-corrected chi connectivity index (χ3v) is 13.3. The van der Waals surface area contributed by atoms with Crippen molar-refractivity contribution in [2.45, 2.75) is 282 Å². The summed E-state index contributed by atoms with van der Waals surface area (Å²) in [6.07, 6.45) is 53.3. The van der Waals surface area contributed by atoms with Crippen molar-refractivity contribution >= 4 is 11.9 Å². The van der Waals surface area contributed by atoms with Crippen LogP contribution in [0.4, 0.5) is 0 Å². The Kier molecular flexibility index (Phi) is 46.2. The van der Waals surface area contributed by atoms with E-state index in [2.05, 4.69) is 80.8 Å². The Hall–Kier alpha value is -3.16. The SMILES string of the molecule is CC/C=C/C=C/C=C\CCCCCCCC(=O)OC1C(OCC(NC(=O)C(O)CCCCCCC/C=C\C/C=C\C/C=C\CCCCC)C(O)/C=C/CCCCCCCCCCCCC)OC(CO)C(O)C1O. The Morgan fingerprint density at radius 1 is 0.562 bits per heavy atom. The predicted molar refractivity (Wildman–Crippen MR) is 301 cm³/mol. The minimum Gasteiger partial charge on any atom is -0.454 e. The maximum Gasteiger partial charge on any atom is 0.306 e. The van der Waals surface area contributed by atoms with Crippen LogP contribution in [-0.2, 0) is 23.8 Å². The number of ether oxygens (including phenoxy) is 3. The fourth-order valence-corrected chi connectivity index (χ4v) is 8.66. The Morgan fingerprint density at radius 3 is 1.62 bits per heavy atom. The van der Waals surface area contributed by atoms with Crippen LogP contribution < -0.4 is 5.32 Å². The van der Waals surface area contributed by atoms with Crippen molar-refractivity contribution in [2.75, 3.05) is 13.2 Å². The van der Waals surface area contributed by atoms with Crippen molar-refractivity contribution < 1.29 is 49.3 Å². The smallest absolute Gasteiger partial charge is 0.306 e. The average molecular weight is 1030 g/mol. The maximum absolute atomic E-state index is 13.4. The first-order valence-corrected chi connectivity index (χ1v) is 29.4. The van der Waals surface area contributed by atoms with Crippen LogP contribution >= 0.6 is 0 Å². The van der Waals surface area contributed by atoms with Gasteiger partial charge in [0.05, 0.1) is 25.4 Å². The number of amides is 1. The van der Waals surface area contributed by atoms with Gasteiger partial charge in [-0.25, -0.2) is 0 Å². The van der Waals surface area contributed by atoms with Gasteiger partial charge in [-0.2, -0.15) is 0 Å². The van der Waals surface area contributed by atoms with E-state index in [1.54, 1.807) is 6.08 Å². The largest absolute Gasteiger partial charge is 0.454 e. The highest BCUT2D eigenvalue weighted by Gasteiger charge is 2.47. The third-order valence-electron chi connectivity index (χ3n) is 13.3. The fraction of sp³-hybridized carbons (Fsp3) is 0.742. The van der Waals surface area contributed by atoms with Crippen LogP contribution in [-0.4, -0.2) is 99.6 Å². The molecule has 420 valence electrons. The summed E-state index contributed by atoms with van der Waals surface area (Å²) in [6.45, 7) is 5.59. The second kappa shape index (κ2) is 49.7. The molecule has 0 aliphatic carbocycles. The molecule has 1 aliphatic heterocycles. The van der Waals surface area contributed by atoms with Gasteiger partial charge in [0.15, 0.2) is 12.4 Å². The number of aliphatic hydroxyl groups is 5. The lowest BCUT2D eigenvalue weighted by Gasteiger charge is -2.41. The molecular formula is C62H107NO10. The van der Waals surface area contributed by atoms with Crippen LogP contribution in [0.1, 0.15) is 233 Å². The van der Waals surface area contributed by atoms with Gasteiger partial charge in [-0.3, -0.25) is 9.59 Å². The molecule has 1 fully saturated rings. The van der Waals surface area contributed by atoms with Gasteiger partial charge in [-0.05, 0) is 83.5 Å². The number of nitrogens with one attached hydrogen (secondary N) is 1. The molecule has 11 nitrogen and oxygen atoms in total. The second-order valence-electron chi connectivity index (χ2n) is 20.1. The average Bonchev–Trinajstić information content (AvgIpc) is 3.39. The maximum atomic E-state index is 13.4. The summed E-state index contributed by atoms with van der Waals surface area (Å²) in [5.74, 6) is -1.23. The molecule has 8 unspecified atom stereocenters. The molecule has 0 bridgehead atoms. The molecule has 0 aromatic carbocycles. The normalized spacial score (nSPS) is 20.0. The van der Waals surface area contributed by atoms with Crippen LogP contribution in [0, 0.1) is 0 Å². The van der Waals surface area contributed by atoms with E-state index in [9.17, 15) is 35.1 Å². The number of rotatable bonds is 48. The van der Waals surface area contributed by atoms with Gasteiger partial charge in [0.1, 0.15) is 24.4 Å². The van der Waals surface area contributed by atoms with Gasteiger partial charge >= 0.3 is 5.97 Å². The zero-order chi connectivity index (χ0) is 53.3. The lowest BCUT2D eigenvalue weighted by Crippen LogP contribution is -2.61. The number of aliphatic hydroxyl groups excluding tert-OH is 5. The van der Waals surface area contributed by atoms with E-state index in [1.165, 1.54) is 83.5 Å². The quantitative estimate of drug-likeness (QED) is 0.0149. The minimum absolute atomic E-state index is 0.0952. The summed E-state index contributed by atoms with van der Waals surface area (Å²) in [4.78, 5) is 26.5. The summed E-state index contributed by atoms with van der Waals surface area (Å²) >= 11 is 0. The van der Waals surface area contributed by atoms with Crippen LogP contribution in [0.2, 0.25) is 0 Å². The first-order chi connectivity index (χ1) is 35.7. The van der Waals surface area contributed by atoms with Crippen molar-refractivity contribution in [1.82, 2.24) is 5.32 Å². The third kappa shape index (κ3) is 38.1. The number of esters is 1. The summed E-state index contributed by atoms with van der Waals surface area (Å²) in [6, 6.07) is -1.04. The predicted octanol–water partition coefficient (Wildman–Crippen LogP) is 13.4. The van der Waals surface area contributed by atoms with Crippen molar-refractivity contribution in [1.29, 1.82) is 0 Å². The second-order valence-corrected chi connectivity index (χ2v) is 20.1. The molecular weight excluding hydrogens is 919 g/mol. The standard InChI is InChI=1S/C62H107NO10/c1-4-7-10-13-16-19-22-25-26-27-28-29-32-34-37-40-43-46-49-55(66)61(70)63-53(54(65)48-45-42-39-36-33-30-23-20-17-14-11-8-5-2)52-71-62-60(59(69)58(68)56(51-64)72-62)73-57(67)50-47-44-41-38-35-31-24-21-18-15-12-9-6-3/h9,12,15-16,18-19,21,24-26,28-29,45,48,53-56,58-60,62,64-66,68-69H,4-8,10-11,13-14,17,20,22-23,27,30-44,46-47,49-52H2,1-3H3,(H,63,70)/b12-9+,18-15+,19-16-,24-21-,26-25-,29-28-,48-45+. The summed E-state index contributed by atoms with van der Waals surface area (Å²) in [5, 5.41) is 56.8. The number of carbonyl (C=O) groups excluding carboxylic acids is 2. The molecule has 0 aromatic heterocycles. The fourth-order valence-electron chi connectivity index (χ4n) is 8.66. The number of unbranched alkanes of at least 4 members (excludes halogenated alkanes) is 24. The lowest BCUT2D eigenvalue weighted by atomic mass is 9.99. The zero-order valence-corrected chi connectivity index (χ0v) is 46.2. The zero-order valence-electron chi connectivity index (χ0n) is 46.2. The van der Waals surface area contributed by atoms with Gasteiger partial charge in [0.2, 0.25) is 5.91 Å². The highest BCUT2D eigenvalue weighted by atomic mass is 16.7. The molecule has 1 heterocycles. The summed E-state index contributed by atoms with van der Waals surface area (Å²) in [7, 11) is 0. The van der Waals surface area contributed by atoms with E-state index in [4.69, 9.17) is 14.2 Å². The molecule has 6 N–H and O–H groups in total. The van der Waals surface area contributed by atoms with Crippen LogP contribution in [0.15, 0.2) is 85.1 Å². The van der Waals surface area contributed by atoms with Gasteiger partial charge in [-0.1, -0.05) is 228 Å². The van der Waals surface area contributed by atoms with Crippen molar-refractivity contribution in [3.63, 3.8) is 0 Å². The Bertz CT molecular complexity index is 1510. The van der Waals surface area contributed by atoms with Crippen molar-refractivity contribution in [2.24, 2.45) is 0 Å². The van der Waals surface area contributed by atoms with Crippen molar-refractivity contribution in [3.05, 3.63) is 85.1 Å². The topological polar surface area (TPSA) is 175 Å². The van der Waals surface area contributed by atoms with E-state index in [0.717, 1.165) is 103 Å². The molecule has 11 heteroatoms. The number of allylic oxidation sites excluding steroid dienone is 13. The molecule has 0 radical (unpaired) electrons. The van der Waals surface area contributed by atoms with E-state index >= 15 is 0 Å². The first kappa shape index (κ1) is 67.9. The number of hydrogen-bond donors (Lipinski definition) is 6. The highest BCUT2D eigenvalue weighted by Crippen LogP contribution is 2.26. The van der Waals surface area contributed by atoms with E-state index < -0.39 is 67.4 Å². The molecule has 1 amide bonds. The van der Waals surface area contributed by atoms with Gasteiger partial charge < -0.3 is 45.1 Å². The number of hydrogen-bond acceptors (Lipinski definition) is 10.